The van der Waals surface area contributed by atoms with E-state index >= 15 is 0 Å². The molecular weight excluding hydrogens is 284 g/mol. The predicted octanol–water partition coefficient (Wildman–Crippen LogP) is 3.19. The maximum Gasteiger partial charge on any atom is 0.175 e. The summed E-state index contributed by atoms with van der Waals surface area (Å²) in [6, 6.07) is 13.1. The molecule has 3 rings (SSSR count). The Bertz CT molecular complexity index is 752. The molecule has 4 nitrogen and oxygen atoms in total. The molecule has 0 saturated carbocycles. The lowest BCUT2D eigenvalue weighted by Crippen LogP contribution is -2.11. The highest BCUT2D eigenvalue weighted by Gasteiger charge is 2.09. The van der Waals surface area contributed by atoms with E-state index in [1.165, 1.54) is 17.5 Å². The molecule has 1 aliphatic rings. The predicted molar refractivity (Wildman–Crippen MR) is 86.1 cm³/mol. The molecule has 21 heavy (non-hydrogen) atoms. The first-order chi connectivity index (χ1) is 10.0. The summed E-state index contributed by atoms with van der Waals surface area (Å²) in [5, 5.41) is 6.69. The standard InChI is InChI=1S/C16H18N2O2S/c1-21(19,20)15-7-4-13(5-8-15)18-14-6-9-16-12(11-14)3-2-10-17-16/h4-9,11,17-18H,2-3,10H2,1H3. The Balaban J connectivity index is 1.80. The minimum atomic E-state index is -3.14. The van der Waals surface area contributed by atoms with Gasteiger partial charge in [-0.15, -0.1) is 0 Å². The third-order valence-electron chi connectivity index (χ3n) is 3.61. The number of nitrogens with one attached hydrogen (secondary N) is 2. The SMILES string of the molecule is CS(=O)(=O)c1ccc(Nc2ccc3c(c2)CCCN3)cc1. The number of hydrogen-bond donors (Lipinski definition) is 2. The van der Waals surface area contributed by atoms with Gasteiger partial charge in [-0.05, 0) is 60.9 Å². The average Bonchev–Trinajstić information content (AvgIpc) is 2.47. The lowest BCUT2D eigenvalue weighted by atomic mass is 10.0. The van der Waals surface area contributed by atoms with Crippen molar-refractivity contribution in [2.45, 2.75) is 17.7 Å². The van der Waals surface area contributed by atoms with Crippen molar-refractivity contribution in [3.63, 3.8) is 0 Å². The smallest absolute Gasteiger partial charge is 0.175 e. The number of aryl methyl sites for hydroxylation is 1. The van der Waals surface area contributed by atoms with Crippen LogP contribution in [0.2, 0.25) is 0 Å². The van der Waals surface area contributed by atoms with Crippen molar-refractivity contribution in [2.75, 3.05) is 23.4 Å². The molecule has 2 aromatic carbocycles. The molecule has 0 saturated heterocycles. The van der Waals surface area contributed by atoms with Crippen LogP contribution in [0.5, 0.6) is 0 Å². The summed E-state index contributed by atoms with van der Waals surface area (Å²) < 4.78 is 22.9. The largest absolute Gasteiger partial charge is 0.385 e. The lowest BCUT2D eigenvalue weighted by Gasteiger charge is -2.19. The van der Waals surface area contributed by atoms with Gasteiger partial charge >= 0.3 is 0 Å². The monoisotopic (exact) mass is 302 g/mol. The van der Waals surface area contributed by atoms with Crippen LogP contribution in [0.1, 0.15) is 12.0 Å². The third-order valence-corrected chi connectivity index (χ3v) is 4.74. The maximum absolute atomic E-state index is 11.4. The number of rotatable bonds is 3. The highest BCUT2D eigenvalue weighted by atomic mass is 32.2. The van der Waals surface area contributed by atoms with Gasteiger partial charge in [0.1, 0.15) is 0 Å². The summed E-state index contributed by atoms with van der Waals surface area (Å²) in [5.74, 6) is 0. The van der Waals surface area contributed by atoms with Crippen molar-refractivity contribution in [2.24, 2.45) is 0 Å². The second kappa shape index (κ2) is 5.41. The van der Waals surface area contributed by atoms with Crippen molar-refractivity contribution in [1.29, 1.82) is 0 Å². The van der Waals surface area contributed by atoms with Crippen LogP contribution in [0.15, 0.2) is 47.4 Å². The summed E-state index contributed by atoms with van der Waals surface area (Å²) in [6.07, 6.45) is 3.45. The summed E-state index contributed by atoms with van der Waals surface area (Å²) in [4.78, 5) is 0.336. The van der Waals surface area contributed by atoms with E-state index in [0.717, 1.165) is 30.8 Å². The quantitative estimate of drug-likeness (QED) is 0.914. The Kier molecular flexibility index (Phi) is 3.59. The molecule has 110 valence electrons. The van der Waals surface area contributed by atoms with Crippen LogP contribution >= 0.6 is 0 Å². The number of sulfone groups is 1. The lowest BCUT2D eigenvalue weighted by molar-refractivity contribution is 0.602. The fraction of sp³-hybridized carbons (Fsp3) is 0.250. The molecule has 2 aromatic rings. The van der Waals surface area contributed by atoms with Gasteiger partial charge in [0.05, 0.1) is 4.90 Å². The van der Waals surface area contributed by atoms with Gasteiger partial charge in [-0.3, -0.25) is 0 Å². The van der Waals surface area contributed by atoms with Crippen LogP contribution in [0, 0.1) is 0 Å². The van der Waals surface area contributed by atoms with E-state index < -0.39 is 9.84 Å². The Morgan fingerprint density at radius 3 is 2.48 bits per heavy atom. The molecule has 1 heterocycles. The topological polar surface area (TPSA) is 58.2 Å². The molecule has 0 bridgehead atoms. The van der Waals surface area contributed by atoms with Crippen molar-refractivity contribution >= 4 is 26.9 Å². The van der Waals surface area contributed by atoms with Gasteiger partial charge in [-0.25, -0.2) is 8.42 Å². The molecular formula is C16H18N2O2S. The van der Waals surface area contributed by atoms with Gasteiger partial charge < -0.3 is 10.6 Å². The molecule has 0 unspecified atom stereocenters. The average molecular weight is 302 g/mol. The van der Waals surface area contributed by atoms with Gasteiger partial charge in [0.25, 0.3) is 0 Å². The normalized spacial score (nSPS) is 14.1. The van der Waals surface area contributed by atoms with Crippen LogP contribution in [0.3, 0.4) is 0 Å². The van der Waals surface area contributed by atoms with Gasteiger partial charge in [-0.1, -0.05) is 0 Å². The molecule has 0 fully saturated rings. The number of benzene rings is 2. The molecule has 0 spiro atoms. The Hall–Kier alpha value is -2.01. The van der Waals surface area contributed by atoms with Gasteiger partial charge in [0.2, 0.25) is 0 Å². The first-order valence-corrected chi connectivity index (χ1v) is 8.85. The van der Waals surface area contributed by atoms with E-state index in [1.807, 2.05) is 6.07 Å². The van der Waals surface area contributed by atoms with Crippen LogP contribution in [0.4, 0.5) is 17.1 Å². The second-order valence-electron chi connectivity index (χ2n) is 5.32. The van der Waals surface area contributed by atoms with E-state index in [-0.39, 0.29) is 0 Å². The molecule has 0 aromatic heterocycles. The van der Waals surface area contributed by atoms with Crippen molar-refractivity contribution in [1.82, 2.24) is 0 Å². The molecule has 5 heteroatoms. The van der Waals surface area contributed by atoms with E-state index in [2.05, 4.69) is 22.8 Å². The summed E-state index contributed by atoms with van der Waals surface area (Å²) in [5.41, 5.74) is 4.42. The van der Waals surface area contributed by atoms with Crippen molar-refractivity contribution < 1.29 is 8.42 Å². The van der Waals surface area contributed by atoms with Crippen LogP contribution in [0.25, 0.3) is 0 Å². The zero-order valence-electron chi connectivity index (χ0n) is 11.9. The molecule has 0 atom stereocenters. The highest BCUT2D eigenvalue weighted by Crippen LogP contribution is 2.27. The Morgan fingerprint density at radius 1 is 1.05 bits per heavy atom. The van der Waals surface area contributed by atoms with Gasteiger partial charge in [0.15, 0.2) is 9.84 Å². The Labute approximate surface area is 125 Å². The zero-order chi connectivity index (χ0) is 14.9. The molecule has 1 aliphatic heterocycles. The minimum Gasteiger partial charge on any atom is -0.385 e. The fourth-order valence-corrected chi connectivity index (χ4v) is 3.14. The number of anilines is 3. The highest BCUT2D eigenvalue weighted by molar-refractivity contribution is 7.90. The van der Waals surface area contributed by atoms with Crippen molar-refractivity contribution in [3.05, 3.63) is 48.0 Å². The first-order valence-electron chi connectivity index (χ1n) is 6.96. The number of hydrogen-bond acceptors (Lipinski definition) is 4. The molecule has 0 radical (unpaired) electrons. The maximum atomic E-state index is 11.4. The zero-order valence-corrected chi connectivity index (χ0v) is 12.7. The van der Waals surface area contributed by atoms with Gasteiger partial charge in [0, 0.05) is 29.9 Å². The first kappa shape index (κ1) is 13.9. The van der Waals surface area contributed by atoms with Gasteiger partial charge in [-0.2, -0.15) is 0 Å². The van der Waals surface area contributed by atoms with E-state index in [1.54, 1.807) is 24.3 Å². The van der Waals surface area contributed by atoms with Crippen molar-refractivity contribution in [3.8, 4) is 0 Å². The number of fused-ring (bicyclic) bond motifs is 1. The summed E-state index contributed by atoms with van der Waals surface area (Å²) in [7, 11) is -3.14. The summed E-state index contributed by atoms with van der Waals surface area (Å²) >= 11 is 0. The second-order valence-corrected chi connectivity index (χ2v) is 7.34. The molecule has 0 aliphatic carbocycles. The van der Waals surface area contributed by atoms with Crippen LogP contribution in [-0.2, 0) is 16.3 Å². The minimum absolute atomic E-state index is 0.336. The van der Waals surface area contributed by atoms with E-state index in [4.69, 9.17) is 0 Å². The van der Waals surface area contributed by atoms with E-state index in [0.29, 0.717) is 4.90 Å². The Morgan fingerprint density at radius 2 is 1.76 bits per heavy atom. The molecule has 2 N–H and O–H groups in total. The van der Waals surface area contributed by atoms with E-state index in [9.17, 15) is 8.42 Å². The molecule has 0 amide bonds. The van der Waals surface area contributed by atoms with Crippen LogP contribution < -0.4 is 10.6 Å². The summed E-state index contributed by atoms with van der Waals surface area (Å²) in [6.45, 7) is 1.03. The fourth-order valence-electron chi connectivity index (χ4n) is 2.50. The van der Waals surface area contributed by atoms with Crippen LogP contribution in [-0.4, -0.2) is 21.2 Å². The third kappa shape index (κ3) is 3.19.